The summed E-state index contributed by atoms with van der Waals surface area (Å²) in [4.78, 5) is 2.38. The molecule has 2 rings (SSSR count). The maximum atomic E-state index is 11.9. The molecular weight excluding hydrogens is 219 g/mol. The number of nitrogens with zero attached hydrogens (tertiary/aromatic N) is 1. The largest absolute Gasteiger partial charge is 0.411 e. The second-order valence-corrected chi connectivity index (χ2v) is 5.17. The van der Waals surface area contributed by atoms with Crippen molar-refractivity contribution in [3.8, 4) is 0 Å². The quantitative estimate of drug-likeness (QED) is 0.743. The predicted octanol–water partition coefficient (Wildman–Crippen LogP) is 2.15. The van der Waals surface area contributed by atoms with Crippen LogP contribution in [0.1, 0.15) is 13.8 Å². The lowest BCUT2D eigenvalue weighted by Gasteiger charge is -2.23. The number of hydrogen-bond donors (Lipinski definition) is 0. The van der Waals surface area contributed by atoms with Gasteiger partial charge in [0.15, 0.2) is 0 Å². The monoisotopic (exact) mass is 237 g/mol. The van der Waals surface area contributed by atoms with E-state index in [0.29, 0.717) is 23.8 Å². The molecule has 0 radical (unpaired) electrons. The number of likely N-dealkylation sites (tertiary alicyclic amines) is 1. The Morgan fingerprint density at radius 3 is 2.25 bits per heavy atom. The van der Waals surface area contributed by atoms with Gasteiger partial charge in [-0.15, -0.1) is 0 Å². The summed E-state index contributed by atoms with van der Waals surface area (Å²) < 4.78 is 40.3. The highest BCUT2D eigenvalue weighted by Gasteiger charge is 2.55. The Balaban J connectivity index is 1.63. The van der Waals surface area contributed by atoms with Gasteiger partial charge in [-0.2, -0.15) is 13.2 Å². The average molecular weight is 237 g/mol. The Morgan fingerprint density at radius 1 is 1.25 bits per heavy atom. The van der Waals surface area contributed by atoms with Crippen LogP contribution in [0.15, 0.2) is 0 Å². The van der Waals surface area contributed by atoms with Crippen LogP contribution in [-0.2, 0) is 4.74 Å². The van der Waals surface area contributed by atoms with Crippen molar-refractivity contribution < 1.29 is 17.9 Å². The van der Waals surface area contributed by atoms with Crippen LogP contribution in [0, 0.1) is 17.8 Å². The van der Waals surface area contributed by atoms with Gasteiger partial charge in [-0.25, -0.2) is 0 Å². The van der Waals surface area contributed by atoms with Crippen LogP contribution < -0.4 is 0 Å². The van der Waals surface area contributed by atoms with E-state index in [1.165, 1.54) is 0 Å². The van der Waals surface area contributed by atoms with Crippen LogP contribution in [0.2, 0.25) is 0 Å². The molecule has 2 aliphatic rings. The molecule has 3 atom stereocenters. The molecule has 94 valence electrons. The lowest BCUT2D eigenvalue weighted by molar-refractivity contribution is -0.175. The predicted molar refractivity (Wildman–Crippen MR) is 54.1 cm³/mol. The number of rotatable bonds is 4. The van der Waals surface area contributed by atoms with Crippen molar-refractivity contribution in [3.63, 3.8) is 0 Å². The van der Waals surface area contributed by atoms with Gasteiger partial charge in [0, 0.05) is 19.1 Å². The molecule has 16 heavy (non-hydrogen) atoms. The van der Waals surface area contributed by atoms with E-state index >= 15 is 0 Å². The smallest absolute Gasteiger partial charge is 0.372 e. The van der Waals surface area contributed by atoms with Crippen LogP contribution in [-0.4, -0.2) is 43.4 Å². The third kappa shape index (κ3) is 2.69. The maximum Gasteiger partial charge on any atom is 0.411 e. The first-order valence-electron chi connectivity index (χ1n) is 5.77. The summed E-state index contributed by atoms with van der Waals surface area (Å²) in [5.74, 6) is 1.53. The zero-order valence-corrected chi connectivity index (χ0v) is 9.63. The molecule has 2 fully saturated rings. The molecule has 0 aromatic carbocycles. The minimum absolute atomic E-state index is 0.279. The molecule has 0 aromatic heterocycles. The fraction of sp³-hybridized carbons (Fsp3) is 1.00. The van der Waals surface area contributed by atoms with Crippen LogP contribution >= 0.6 is 0 Å². The zero-order chi connectivity index (χ0) is 11.9. The highest BCUT2D eigenvalue weighted by Crippen LogP contribution is 2.52. The van der Waals surface area contributed by atoms with Gasteiger partial charge in [-0.05, 0) is 31.6 Å². The van der Waals surface area contributed by atoms with Gasteiger partial charge in [0.25, 0.3) is 0 Å². The summed E-state index contributed by atoms with van der Waals surface area (Å²) in [6.45, 7) is 5.54. The van der Waals surface area contributed by atoms with Crippen molar-refractivity contribution in [1.82, 2.24) is 4.90 Å². The Morgan fingerprint density at radius 2 is 1.81 bits per heavy atom. The molecule has 1 aliphatic heterocycles. The van der Waals surface area contributed by atoms with Crippen molar-refractivity contribution in [1.29, 1.82) is 0 Å². The maximum absolute atomic E-state index is 11.9. The number of hydrogen-bond acceptors (Lipinski definition) is 2. The van der Waals surface area contributed by atoms with E-state index < -0.39 is 12.8 Å². The molecular formula is C11H18F3NO. The van der Waals surface area contributed by atoms with E-state index in [2.05, 4.69) is 18.7 Å². The standard InChI is InChI=1S/C11H18F3NO/c1-7(2)15-3-8-9(4-15)10(8)5-16-6-11(12,13)14/h7-10H,3-6H2,1-2H3/t8-,9+,10+. The number of piperidine rings is 1. The Kier molecular flexibility index (Phi) is 3.18. The first-order valence-corrected chi connectivity index (χ1v) is 5.77. The first-order chi connectivity index (χ1) is 7.38. The van der Waals surface area contributed by atoms with Crippen LogP contribution in [0.25, 0.3) is 0 Å². The molecule has 0 bridgehead atoms. The molecule has 0 spiro atoms. The summed E-state index contributed by atoms with van der Waals surface area (Å²) >= 11 is 0. The van der Waals surface area contributed by atoms with E-state index in [0.717, 1.165) is 13.1 Å². The van der Waals surface area contributed by atoms with Crippen LogP contribution in [0.4, 0.5) is 13.2 Å². The highest BCUT2D eigenvalue weighted by atomic mass is 19.4. The van der Waals surface area contributed by atoms with Gasteiger partial charge in [-0.3, -0.25) is 0 Å². The van der Waals surface area contributed by atoms with Gasteiger partial charge < -0.3 is 9.64 Å². The zero-order valence-electron chi connectivity index (χ0n) is 9.63. The van der Waals surface area contributed by atoms with E-state index in [1.807, 2.05) is 0 Å². The second-order valence-electron chi connectivity index (χ2n) is 5.17. The van der Waals surface area contributed by atoms with E-state index in [-0.39, 0.29) is 6.61 Å². The second kappa shape index (κ2) is 4.18. The van der Waals surface area contributed by atoms with Crippen molar-refractivity contribution in [2.45, 2.75) is 26.1 Å². The molecule has 1 saturated heterocycles. The summed E-state index contributed by atoms with van der Waals surface area (Å²) in [5, 5.41) is 0. The number of alkyl halides is 3. The highest BCUT2D eigenvalue weighted by molar-refractivity contribution is 5.05. The van der Waals surface area contributed by atoms with E-state index in [4.69, 9.17) is 4.74 Å². The molecule has 1 aliphatic carbocycles. The van der Waals surface area contributed by atoms with Gasteiger partial charge in [0.1, 0.15) is 6.61 Å². The molecule has 1 heterocycles. The third-order valence-corrected chi connectivity index (χ3v) is 3.71. The van der Waals surface area contributed by atoms with Crippen molar-refractivity contribution in [3.05, 3.63) is 0 Å². The molecule has 0 amide bonds. The summed E-state index contributed by atoms with van der Waals surface area (Å²) in [5.41, 5.74) is 0. The minimum atomic E-state index is -4.19. The summed E-state index contributed by atoms with van der Waals surface area (Å²) in [7, 11) is 0. The number of halogens is 3. The fourth-order valence-electron chi connectivity index (χ4n) is 2.66. The average Bonchev–Trinajstić information content (AvgIpc) is 2.59. The Labute approximate surface area is 93.7 Å². The first kappa shape index (κ1) is 12.2. The molecule has 0 aromatic rings. The topological polar surface area (TPSA) is 12.5 Å². The fourth-order valence-corrected chi connectivity index (χ4v) is 2.66. The molecule has 0 unspecified atom stereocenters. The van der Waals surface area contributed by atoms with Crippen LogP contribution in [0.3, 0.4) is 0 Å². The van der Waals surface area contributed by atoms with Gasteiger partial charge in [0.2, 0.25) is 0 Å². The molecule has 2 nitrogen and oxygen atoms in total. The lowest BCUT2D eigenvalue weighted by Crippen LogP contribution is -2.32. The Bertz CT molecular complexity index is 242. The van der Waals surface area contributed by atoms with Gasteiger partial charge >= 0.3 is 6.18 Å². The normalized spacial score (nSPS) is 34.5. The van der Waals surface area contributed by atoms with Crippen molar-refractivity contribution >= 4 is 0 Å². The van der Waals surface area contributed by atoms with Crippen LogP contribution in [0.5, 0.6) is 0 Å². The SMILES string of the molecule is CC(C)N1C[C@@H]2[C@@H](COCC(F)(F)F)[C@@H]2C1. The minimum Gasteiger partial charge on any atom is -0.372 e. The Hall–Kier alpha value is -0.290. The molecule has 0 N–H and O–H groups in total. The molecule has 1 saturated carbocycles. The lowest BCUT2D eigenvalue weighted by atomic mass is 10.2. The number of fused-ring (bicyclic) bond motifs is 1. The number of ether oxygens (including phenoxy) is 1. The van der Waals surface area contributed by atoms with Crippen molar-refractivity contribution in [2.75, 3.05) is 26.3 Å². The van der Waals surface area contributed by atoms with E-state index in [9.17, 15) is 13.2 Å². The van der Waals surface area contributed by atoms with Gasteiger partial charge in [0.05, 0.1) is 6.61 Å². The van der Waals surface area contributed by atoms with E-state index in [1.54, 1.807) is 0 Å². The van der Waals surface area contributed by atoms with Gasteiger partial charge in [-0.1, -0.05) is 0 Å². The summed E-state index contributed by atoms with van der Waals surface area (Å²) in [6, 6.07) is 0.546. The van der Waals surface area contributed by atoms with Crippen molar-refractivity contribution in [2.24, 2.45) is 17.8 Å². The third-order valence-electron chi connectivity index (χ3n) is 3.71. The summed E-state index contributed by atoms with van der Waals surface area (Å²) in [6.07, 6.45) is -4.19. The molecule has 5 heteroatoms.